The van der Waals surface area contributed by atoms with Crippen molar-refractivity contribution >= 4 is 6.03 Å². The van der Waals surface area contributed by atoms with Crippen LogP contribution in [0.15, 0.2) is 24.3 Å². The second-order valence-electron chi connectivity index (χ2n) is 7.45. The van der Waals surface area contributed by atoms with Crippen LogP contribution in [0.3, 0.4) is 0 Å². The van der Waals surface area contributed by atoms with Crippen molar-refractivity contribution in [1.82, 2.24) is 15.5 Å². The molecule has 1 aromatic rings. The van der Waals surface area contributed by atoms with Gasteiger partial charge in [-0.15, -0.1) is 0 Å². The number of carbonyl (C=O) groups excluding carboxylic acids is 1. The molecule has 3 N–H and O–H groups in total. The summed E-state index contributed by atoms with van der Waals surface area (Å²) in [7, 11) is 0. The van der Waals surface area contributed by atoms with E-state index in [4.69, 9.17) is 0 Å². The molecule has 2 amide bonds. The molecule has 2 rings (SSSR count). The molecule has 25 heavy (non-hydrogen) atoms. The van der Waals surface area contributed by atoms with Crippen LogP contribution in [0.2, 0.25) is 0 Å². The molecule has 1 heterocycles. The number of nitrogens with one attached hydrogen (secondary N) is 2. The molecule has 1 aliphatic rings. The fraction of sp³-hybridized carbons (Fsp3) is 0.650. The first-order chi connectivity index (χ1) is 12.0. The van der Waals surface area contributed by atoms with Gasteiger partial charge in [-0.2, -0.15) is 0 Å². The molecule has 0 radical (unpaired) electrons. The summed E-state index contributed by atoms with van der Waals surface area (Å²) < 4.78 is 0. The summed E-state index contributed by atoms with van der Waals surface area (Å²) in [4.78, 5) is 14.5. The topological polar surface area (TPSA) is 64.6 Å². The Balaban J connectivity index is 1.78. The number of piperidine rings is 1. The largest absolute Gasteiger partial charge is 0.391 e. The first-order valence-corrected chi connectivity index (χ1v) is 9.53. The van der Waals surface area contributed by atoms with Gasteiger partial charge in [0.2, 0.25) is 0 Å². The van der Waals surface area contributed by atoms with Gasteiger partial charge in [0.25, 0.3) is 0 Å². The van der Waals surface area contributed by atoms with Crippen molar-refractivity contribution in [2.75, 3.05) is 19.6 Å². The van der Waals surface area contributed by atoms with Gasteiger partial charge < -0.3 is 15.7 Å². The maximum atomic E-state index is 12.0. The molecule has 0 bridgehead atoms. The number of hydrogen-bond acceptors (Lipinski definition) is 3. The lowest BCUT2D eigenvalue weighted by atomic mass is 10.0. The number of likely N-dealkylation sites (tertiary alicyclic amines) is 1. The Morgan fingerprint density at radius 3 is 2.48 bits per heavy atom. The van der Waals surface area contributed by atoms with Gasteiger partial charge in [-0.25, -0.2) is 4.79 Å². The molecule has 0 aliphatic carbocycles. The Kier molecular flexibility index (Phi) is 8.22. The van der Waals surface area contributed by atoms with Crippen LogP contribution < -0.4 is 10.6 Å². The molecule has 5 nitrogen and oxygen atoms in total. The predicted molar refractivity (Wildman–Crippen MR) is 101 cm³/mol. The van der Waals surface area contributed by atoms with Crippen molar-refractivity contribution in [2.45, 2.75) is 58.7 Å². The highest BCUT2D eigenvalue weighted by atomic mass is 16.3. The summed E-state index contributed by atoms with van der Waals surface area (Å²) >= 11 is 0. The van der Waals surface area contributed by atoms with Gasteiger partial charge >= 0.3 is 6.03 Å². The van der Waals surface area contributed by atoms with Crippen molar-refractivity contribution < 1.29 is 9.90 Å². The molecule has 1 aromatic carbocycles. The average molecular weight is 348 g/mol. The number of nitrogens with zero attached hydrogens (tertiary/aromatic N) is 1. The quantitative estimate of drug-likeness (QED) is 0.677. The van der Waals surface area contributed by atoms with E-state index in [2.05, 4.69) is 47.6 Å². The fourth-order valence-corrected chi connectivity index (χ4v) is 3.32. The van der Waals surface area contributed by atoms with Crippen molar-refractivity contribution in [3.8, 4) is 0 Å². The Bertz CT molecular complexity index is 527. The molecule has 1 fully saturated rings. The molecule has 1 atom stereocenters. The second kappa shape index (κ2) is 10.4. The monoisotopic (exact) mass is 347 g/mol. The van der Waals surface area contributed by atoms with E-state index in [-0.39, 0.29) is 6.03 Å². The van der Waals surface area contributed by atoms with Gasteiger partial charge in [0.15, 0.2) is 0 Å². The molecule has 0 aromatic heterocycles. The first-order valence-electron chi connectivity index (χ1n) is 9.53. The van der Waals surface area contributed by atoms with Crippen LogP contribution in [-0.4, -0.2) is 41.8 Å². The summed E-state index contributed by atoms with van der Waals surface area (Å²) in [5.41, 5.74) is 2.44. The molecule has 140 valence electrons. The first kappa shape index (κ1) is 19.7. The van der Waals surface area contributed by atoms with Gasteiger partial charge in [0.05, 0.1) is 6.10 Å². The smallest absolute Gasteiger partial charge is 0.315 e. The molecular weight excluding hydrogens is 314 g/mol. The molecule has 0 spiro atoms. The SMILES string of the molecule is CC(C)CC(O)CNC(=O)NCc1ccccc1CN1CCCCC1. The highest BCUT2D eigenvalue weighted by Gasteiger charge is 2.13. The Hall–Kier alpha value is -1.59. The molecule has 1 saturated heterocycles. The number of amides is 2. The Morgan fingerprint density at radius 2 is 1.80 bits per heavy atom. The minimum absolute atomic E-state index is 0.226. The molecule has 5 heteroatoms. The van der Waals surface area contributed by atoms with Gasteiger partial charge in [-0.1, -0.05) is 44.5 Å². The van der Waals surface area contributed by atoms with Crippen LogP contribution >= 0.6 is 0 Å². The third-order valence-corrected chi connectivity index (χ3v) is 4.64. The lowest BCUT2D eigenvalue weighted by molar-refractivity contribution is 0.147. The van der Waals surface area contributed by atoms with Crippen molar-refractivity contribution in [3.05, 3.63) is 35.4 Å². The fourth-order valence-electron chi connectivity index (χ4n) is 3.32. The minimum Gasteiger partial charge on any atom is -0.391 e. The van der Waals surface area contributed by atoms with Crippen molar-refractivity contribution in [1.29, 1.82) is 0 Å². The number of rotatable bonds is 8. The number of aliphatic hydroxyl groups is 1. The van der Waals surface area contributed by atoms with E-state index in [0.29, 0.717) is 25.4 Å². The maximum absolute atomic E-state index is 12.0. The van der Waals surface area contributed by atoms with E-state index in [1.54, 1.807) is 0 Å². The van der Waals surface area contributed by atoms with Crippen molar-refractivity contribution in [2.24, 2.45) is 5.92 Å². The van der Waals surface area contributed by atoms with E-state index in [1.165, 1.54) is 24.8 Å². The number of benzene rings is 1. The summed E-state index contributed by atoms with van der Waals surface area (Å²) in [6, 6.07) is 8.07. The van der Waals surface area contributed by atoms with E-state index >= 15 is 0 Å². The zero-order chi connectivity index (χ0) is 18.1. The summed E-state index contributed by atoms with van der Waals surface area (Å²) in [5.74, 6) is 0.418. The van der Waals surface area contributed by atoms with Gasteiger partial charge in [-0.3, -0.25) is 4.90 Å². The standard InChI is InChI=1S/C20H33N3O2/c1-16(2)12-19(24)14-22-20(25)21-13-17-8-4-5-9-18(17)15-23-10-6-3-7-11-23/h4-5,8-9,16,19,24H,3,6-7,10-15H2,1-2H3,(H2,21,22,25). The third-order valence-electron chi connectivity index (χ3n) is 4.64. The van der Waals surface area contributed by atoms with Crippen LogP contribution in [0.4, 0.5) is 4.79 Å². The van der Waals surface area contributed by atoms with Crippen LogP contribution in [0.5, 0.6) is 0 Å². The van der Waals surface area contributed by atoms with Gasteiger partial charge in [0, 0.05) is 19.6 Å². The number of urea groups is 1. The number of aliphatic hydroxyl groups excluding tert-OH is 1. The normalized spacial score (nSPS) is 16.6. The molecule has 0 saturated carbocycles. The van der Waals surface area contributed by atoms with Crippen LogP contribution in [-0.2, 0) is 13.1 Å². The molecule has 1 aliphatic heterocycles. The van der Waals surface area contributed by atoms with Crippen LogP contribution in [0.25, 0.3) is 0 Å². The maximum Gasteiger partial charge on any atom is 0.315 e. The zero-order valence-corrected chi connectivity index (χ0v) is 15.6. The van der Waals surface area contributed by atoms with Crippen LogP contribution in [0.1, 0.15) is 50.7 Å². The van der Waals surface area contributed by atoms with Gasteiger partial charge in [-0.05, 0) is 49.4 Å². The zero-order valence-electron chi connectivity index (χ0n) is 15.6. The lowest BCUT2D eigenvalue weighted by Gasteiger charge is -2.27. The Labute approximate surface area is 151 Å². The predicted octanol–water partition coefficient (Wildman–Crippen LogP) is 2.88. The summed E-state index contributed by atoms with van der Waals surface area (Å²) in [6.45, 7) is 8.19. The van der Waals surface area contributed by atoms with E-state index < -0.39 is 6.10 Å². The third kappa shape index (κ3) is 7.45. The second-order valence-corrected chi connectivity index (χ2v) is 7.45. The molecular formula is C20H33N3O2. The minimum atomic E-state index is -0.489. The van der Waals surface area contributed by atoms with Gasteiger partial charge in [0.1, 0.15) is 0 Å². The summed E-state index contributed by atoms with van der Waals surface area (Å²) in [5, 5.41) is 15.5. The number of hydrogen-bond donors (Lipinski definition) is 3. The van der Waals surface area contributed by atoms with E-state index in [9.17, 15) is 9.90 Å². The lowest BCUT2D eigenvalue weighted by Crippen LogP contribution is -2.40. The van der Waals surface area contributed by atoms with E-state index in [1.807, 2.05) is 6.07 Å². The van der Waals surface area contributed by atoms with E-state index in [0.717, 1.165) is 25.2 Å². The number of carbonyl (C=O) groups is 1. The van der Waals surface area contributed by atoms with Crippen molar-refractivity contribution in [3.63, 3.8) is 0 Å². The summed E-state index contributed by atoms with van der Waals surface area (Å²) in [6.07, 6.45) is 4.10. The highest BCUT2D eigenvalue weighted by molar-refractivity contribution is 5.73. The molecule has 1 unspecified atom stereocenters. The average Bonchev–Trinajstić information content (AvgIpc) is 2.59. The highest BCUT2D eigenvalue weighted by Crippen LogP contribution is 2.16. The Morgan fingerprint density at radius 1 is 1.12 bits per heavy atom. The van der Waals surface area contributed by atoms with Crippen LogP contribution in [0, 0.1) is 5.92 Å².